The average molecular weight is 408 g/mol. The molecule has 0 aliphatic carbocycles. The zero-order chi connectivity index (χ0) is 21.2. The van der Waals surface area contributed by atoms with E-state index in [0.29, 0.717) is 25.1 Å². The molecule has 2 aromatic rings. The van der Waals surface area contributed by atoms with Crippen LogP contribution >= 0.6 is 0 Å². The molecular formula is C25H33N3O2. The van der Waals surface area contributed by atoms with Crippen molar-refractivity contribution in [1.29, 1.82) is 0 Å². The quantitative estimate of drug-likeness (QED) is 0.689. The first kappa shape index (κ1) is 22.0. The molecule has 0 radical (unpaired) electrons. The van der Waals surface area contributed by atoms with Crippen molar-refractivity contribution in [3.63, 3.8) is 0 Å². The molecule has 0 spiro atoms. The molecule has 5 heteroatoms. The summed E-state index contributed by atoms with van der Waals surface area (Å²) in [5.74, 6) is 0.0398. The van der Waals surface area contributed by atoms with Crippen LogP contribution in [-0.4, -0.2) is 53.8 Å². The first-order valence-corrected chi connectivity index (χ1v) is 11.1. The molecule has 0 bridgehead atoms. The van der Waals surface area contributed by atoms with Crippen LogP contribution in [0.25, 0.3) is 0 Å². The van der Waals surface area contributed by atoms with Crippen molar-refractivity contribution in [2.75, 3.05) is 26.2 Å². The van der Waals surface area contributed by atoms with Gasteiger partial charge >= 0.3 is 0 Å². The zero-order valence-corrected chi connectivity index (χ0v) is 17.9. The van der Waals surface area contributed by atoms with E-state index in [1.807, 2.05) is 36.4 Å². The molecule has 0 saturated carbocycles. The molecule has 5 nitrogen and oxygen atoms in total. The number of rotatable bonds is 9. The number of amides is 2. The smallest absolute Gasteiger partial charge is 0.253 e. The van der Waals surface area contributed by atoms with Crippen molar-refractivity contribution in [3.8, 4) is 0 Å². The summed E-state index contributed by atoms with van der Waals surface area (Å²) >= 11 is 0. The maximum Gasteiger partial charge on any atom is 0.253 e. The van der Waals surface area contributed by atoms with E-state index in [0.717, 1.165) is 38.9 Å². The number of carbonyl (C=O) groups is 2. The zero-order valence-electron chi connectivity index (χ0n) is 17.9. The van der Waals surface area contributed by atoms with Crippen LogP contribution in [0.5, 0.6) is 0 Å². The van der Waals surface area contributed by atoms with E-state index in [4.69, 9.17) is 0 Å². The fourth-order valence-electron chi connectivity index (χ4n) is 3.96. The van der Waals surface area contributed by atoms with Crippen LogP contribution in [0.3, 0.4) is 0 Å². The first-order chi connectivity index (χ1) is 14.7. The summed E-state index contributed by atoms with van der Waals surface area (Å²) in [7, 11) is 0. The van der Waals surface area contributed by atoms with E-state index in [9.17, 15) is 9.59 Å². The Morgan fingerprint density at radius 1 is 0.967 bits per heavy atom. The minimum absolute atomic E-state index is 0.000491. The molecule has 1 saturated heterocycles. The van der Waals surface area contributed by atoms with Gasteiger partial charge in [-0.3, -0.25) is 14.5 Å². The SMILES string of the molecule is CCCN(CCC(=O)NC1CCN(Cc2ccccc2)CC1)C(=O)c1ccccc1. The summed E-state index contributed by atoms with van der Waals surface area (Å²) in [6, 6.07) is 20.0. The molecular weight excluding hydrogens is 374 g/mol. The van der Waals surface area contributed by atoms with Crippen LogP contribution in [0, 0.1) is 0 Å². The van der Waals surface area contributed by atoms with E-state index in [-0.39, 0.29) is 17.9 Å². The molecule has 3 rings (SSSR count). The number of nitrogens with one attached hydrogen (secondary N) is 1. The van der Waals surface area contributed by atoms with Crippen LogP contribution in [0.1, 0.15) is 48.5 Å². The second-order valence-electron chi connectivity index (χ2n) is 8.01. The maximum atomic E-state index is 12.7. The fourth-order valence-corrected chi connectivity index (χ4v) is 3.96. The second-order valence-corrected chi connectivity index (χ2v) is 8.01. The summed E-state index contributed by atoms with van der Waals surface area (Å²) in [6.45, 7) is 6.13. The highest BCUT2D eigenvalue weighted by atomic mass is 16.2. The summed E-state index contributed by atoms with van der Waals surface area (Å²) in [5, 5.41) is 3.18. The monoisotopic (exact) mass is 407 g/mol. The minimum Gasteiger partial charge on any atom is -0.353 e. The molecule has 2 amide bonds. The molecule has 2 aromatic carbocycles. The van der Waals surface area contributed by atoms with Gasteiger partial charge in [0.25, 0.3) is 5.91 Å². The molecule has 160 valence electrons. The summed E-state index contributed by atoms with van der Waals surface area (Å²) in [5.41, 5.74) is 2.01. The van der Waals surface area contributed by atoms with Gasteiger partial charge in [0.2, 0.25) is 5.91 Å². The molecule has 1 aliphatic rings. The van der Waals surface area contributed by atoms with E-state index >= 15 is 0 Å². The maximum absolute atomic E-state index is 12.7. The lowest BCUT2D eigenvalue weighted by Crippen LogP contribution is -2.45. The number of hydrogen-bond donors (Lipinski definition) is 1. The Morgan fingerprint density at radius 3 is 2.23 bits per heavy atom. The lowest BCUT2D eigenvalue weighted by molar-refractivity contribution is -0.122. The van der Waals surface area contributed by atoms with Gasteiger partial charge < -0.3 is 10.2 Å². The van der Waals surface area contributed by atoms with E-state index in [2.05, 4.69) is 41.4 Å². The highest BCUT2D eigenvalue weighted by Gasteiger charge is 2.21. The highest BCUT2D eigenvalue weighted by molar-refractivity contribution is 5.94. The molecule has 1 fully saturated rings. The van der Waals surface area contributed by atoms with Gasteiger partial charge in [-0.1, -0.05) is 55.5 Å². The molecule has 0 aromatic heterocycles. The number of benzene rings is 2. The van der Waals surface area contributed by atoms with Crippen LogP contribution in [0.15, 0.2) is 60.7 Å². The van der Waals surface area contributed by atoms with Crippen molar-refractivity contribution in [2.24, 2.45) is 0 Å². The van der Waals surface area contributed by atoms with Crippen molar-refractivity contribution < 1.29 is 9.59 Å². The number of carbonyl (C=O) groups excluding carboxylic acids is 2. The van der Waals surface area contributed by atoms with E-state index in [1.165, 1.54) is 5.56 Å². The van der Waals surface area contributed by atoms with Gasteiger partial charge in [0, 0.05) is 50.7 Å². The Bertz CT molecular complexity index is 787. The predicted octanol–water partition coefficient (Wildman–Crippen LogP) is 3.71. The van der Waals surface area contributed by atoms with Gasteiger partial charge in [-0.05, 0) is 37.0 Å². The lowest BCUT2D eigenvalue weighted by atomic mass is 10.0. The van der Waals surface area contributed by atoms with E-state index < -0.39 is 0 Å². The van der Waals surface area contributed by atoms with Crippen molar-refractivity contribution in [3.05, 3.63) is 71.8 Å². The van der Waals surface area contributed by atoms with Crippen LogP contribution < -0.4 is 5.32 Å². The highest BCUT2D eigenvalue weighted by Crippen LogP contribution is 2.14. The molecule has 1 N–H and O–H groups in total. The van der Waals surface area contributed by atoms with Crippen molar-refractivity contribution in [1.82, 2.24) is 15.1 Å². The normalized spacial score (nSPS) is 15.0. The van der Waals surface area contributed by atoms with Gasteiger partial charge in [0.1, 0.15) is 0 Å². The third-order valence-electron chi connectivity index (χ3n) is 5.61. The molecule has 1 aliphatic heterocycles. The Hall–Kier alpha value is -2.66. The summed E-state index contributed by atoms with van der Waals surface area (Å²) in [6.07, 6.45) is 3.17. The molecule has 0 atom stereocenters. The fraction of sp³-hybridized carbons (Fsp3) is 0.440. The van der Waals surface area contributed by atoms with Crippen molar-refractivity contribution in [2.45, 2.75) is 45.2 Å². The van der Waals surface area contributed by atoms with Crippen LogP contribution in [0.2, 0.25) is 0 Å². The van der Waals surface area contributed by atoms with Gasteiger partial charge in [-0.2, -0.15) is 0 Å². The number of hydrogen-bond acceptors (Lipinski definition) is 3. The standard InChI is InChI=1S/C25H33N3O2/c1-2-16-28(25(30)22-11-7-4-8-12-22)19-15-24(29)26-23-13-17-27(18-14-23)20-21-9-5-3-6-10-21/h3-12,23H,2,13-20H2,1H3,(H,26,29). The molecule has 30 heavy (non-hydrogen) atoms. The lowest BCUT2D eigenvalue weighted by Gasteiger charge is -2.32. The third-order valence-corrected chi connectivity index (χ3v) is 5.61. The van der Waals surface area contributed by atoms with Gasteiger partial charge in [-0.25, -0.2) is 0 Å². The number of piperidine rings is 1. The van der Waals surface area contributed by atoms with Gasteiger partial charge in [-0.15, -0.1) is 0 Å². The summed E-state index contributed by atoms with van der Waals surface area (Å²) in [4.78, 5) is 29.4. The average Bonchev–Trinajstić information content (AvgIpc) is 2.79. The van der Waals surface area contributed by atoms with Crippen LogP contribution in [-0.2, 0) is 11.3 Å². The molecule has 0 unspecified atom stereocenters. The Labute approximate surface area is 180 Å². The number of nitrogens with zero attached hydrogens (tertiary/aromatic N) is 2. The minimum atomic E-state index is -0.000491. The van der Waals surface area contributed by atoms with Crippen LogP contribution in [0.4, 0.5) is 0 Å². The Kier molecular flexibility index (Phi) is 8.45. The first-order valence-electron chi connectivity index (χ1n) is 11.1. The van der Waals surface area contributed by atoms with Crippen molar-refractivity contribution >= 4 is 11.8 Å². The second kappa shape index (κ2) is 11.5. The number of likely N-dealkylation sites (tertiary alicyclic amines) is 1. The Balaban J connectivity index is 1.41. The summed E-state index contributed by atoms with van der Waals surface area (Å²) < 4.78 is 0. The van der Waals surface area contributed by atoms with Gasteiger partial charge in [0.05, 0.1) is 0 Å². The van der Waals surface area contributed by atoms with Gasteiger partial charge in [0.15, 0.2) is 0 Å². The third kappa shape index (κ3) is 6.70. The Morgan fingerprint density at radius 2 is 1.60 bits per heavy atom. The predicted molar refractivity (Wildman–Crippen MR) is 120 cm³/mol. The largest absolute Gasteiger partial charge is 0.353 e. The topological polar surface area (TPSA) is 52.7 Å². The van der Waals surface area contributed by atoms with E-state index in [1.54, 1.807) is 4.90 Å². The molecule has 1 heterocycles.